The van der Waals surface area contributed by atoms with Crippen LogP contribution in [0, 0.1) is 0 Å². The summed E-state index contributed by atoms with van der Waals surface area (Å²) in [7, 11) is 0. The zero-order chi connectivity index (χ0) is 16.8. The molecule has 1 saturated heterocycles. The molecule has 5 nitrogen and oxygen atoms in total. The average molecular weight is 326 g/mol. The highest BCUT2D eigenvalue weighted by molar-refractivity contribution is 5.90. The largest absolute Gasteiger partial charge is 0.459 e. The lowest BCUT2D eigenvalue weighted by molar-refractivity contribution is -0.0282. The Morgan fingerprint density at radius 3 is 2.12 bits per heavy atom. The van der Waals surface area contributed by atoms with Crippen molar-refractivity contribution in [3.8, 4) is 0 Å². The Morgan fingerprint density at radius 2 is 1.50 bits per heavy atom. The first-order valence-electron chi connectivity index (χ1n) is 7.84. The minimum Gasteiger partial charge on any atom is -0.459 e. The zero-order valence-corrected chi connectivity index (χ0v) is 13.1. The van der Waals surface area contributed by atoms with Crippen molar-refractivity contribution in [1.82, 2.24) is 0 Å². The molecule has 2 aromatic carbocycles. The highest BCUT2D eigenvalue weighted by Crippen LogP contribution is 2.19. The molecule has 0 radical (unpaired) electrons. The monoisotopic (exact) mass is 326 g/mol. The average Bonchev–Trinajstić information content (AvgIpc) is 3.08. The van der Waals surface area contributed by atoms with Crippen molar-refractivity contribution in [2.24, 2.45) is 0 Å². The fraction of sp³-hybridized carbons (Fsp3) is 0.263. The first-order chi connectivity index (χ1) is 11.7. The second-order valence-electron chi connectivity index (χ2n) is 5.47. The van der Waals surface area contributed by atoms with Crippen molar-refractivity contribution in [2.75, 3.05) is 13.2 Å². The lowest BCUT2D eigenvalue weighted by Gasteiger charge is -2.19. The smallest absolute Gasteiger partial charge is 0.338 e. The van der Waals surface area contributed by atoms with Crippen molar-refractivity contribution in [2.45, 2.75) is 18.6 Å². The minimum absolute atomic E-state index is 0.0560. The van der Waals surface area contributed by atoms with Crippen LogP contribution in [0.3, 0.4) is 0 Å². The molecule has 1 fully saturated rings. The van der Waals surface area contributed by atoms with Crippen LogP contribution in [-0.2, 0) is 14.2 Å². The van der Waals surface area contributed by atoms with Crippen molar-refractivity contribution < 1.29 is 23.8 Å². The zero-order valence-electron chi connectivity index (χ0n) is 13.1. The molecule has 5 heteroatoms. The summed E-state index contributed by atoms with van der Waals surface area (Å²) in [5.74, 6) is -0.815. The molecule has 0 N–H and O–H groups in total. The van der Waals surface area contributed by atoms with E-state index >= 15 is 0 Å². The molecule has 2 aromatic rings. The third-order valence-corrected chi connectivity index (χ3v) is 3.81. The summed E-state index contributed by atoms with van der Waals surface area (Å²) in [4.78, 5) is 24.1. The van der Waals surface area contributed by atoms with Gasteiger partial charge >= 0.3 is 11.9 Å². The van der Waals surface area contributed by atoms with Gasteiger partial charge in [0.2, 0.25) is 0 Å². The van der Waals surface area contributed by atoms with Crippen LogP contribution >= 0.6 is 0 Å². The number of hydrogen-bond donors (Lipinski definition) is 0. The van der Waals surface area contributed by atoms with Gasteiger partial charge in [-0.1, -0.05) is 36.4 Å². The van der Waals surface area contributed by atoms with E-state index in [2.05, 4.69) is 0 Å². The fourth-order valence-electron chi connectivity index (χ4n) is 2.51. The summed E-state index contributed by atoms with van der Waals surface area (Å²) in [5, 5.41) is 0. The quantitative estimate of drug-likeness (QED) is 0.791. The van der Waals surface area contributed by atoms with Gasteiger partial charge in [-0.3, -0.25) is 0 Å². The van der Waals surface area contributed by atoms with Crippen molar-refractivity contribution in [1.29, 1.82) is 0 Å². The molecule has 0 saturated carbocycles. The second kappa shape index (κ2) is 7.75. The van der Waals surface area contributed by atoms with E-state index in [9.17, 15) is 9.59 Å². The fourth-order valence-corrected chi connectivity index (χ4v) is 2.51. The number of ether oxygens (including phenoxy) is 3. The molecule has 3 rings (SSSR count). The number of esters is 2. The Labute approximate surface area is 140 Å². The topological polar surface area (TPSA) is 61.8 Å². The van der Waals surface area contributed by atoms with Crippen molar-refractivity contribution in [3.63, 3.8) is 0 Å². The Balaban J connectivity index is 1.54. The van der Waals surface area contributed by atoms with E-state index in [1.165, 1.54) is 0 Å². The molecule has 1 aliphatic rings. The van der Waals surface area contributed by atoms with Gasteiger partial charge in [-0.05, 0) is 24.3 Å². The van der Waals surface area contributed by atoms with E-state index in [-0.39, 0.29) is 6.61 Å². The van der Waals surface area contributed by atoms with E-state index in [0.29, 0.717) is 24.2 Å². The van der Waals surface area contributed by atoms with Crippen LogP contribution in [0.15, 0.2) is 60.7 Å². The molecule has 0 amide bonds. The molecule has 1 aliphatic heterocycles. The molecule has 0 spiro atoms. The summed E-state index contributed by atoms with van der Waals surface area (Å²) in [5.41, 5.74) is 0.970. The van der Waals surface area contributed by atoms with Crippen LogP contribution in [-0.4, -0.2) is 37.4 Å². The van der Waals surface area contributed by atoms with Gasteiger partial charge in [0.15, 0.2) is 0 Å². The number of benzene rings is 2. The summed E-state index contributed by atoms with van der Waals surface area (Å²) in [6.07, 6.45) is -0.266. The lowest BCUT2D eigenvalue weighted by Crippen LogP contribution is -2.32. The Bertz CT molecular complexity index is 683. The molecular weight excluding hydrogens is 308 g/mol. The van der Waals surface area contributed by atoms with Gasteiger partial charge < -0.3 is 14.2 Å². The van der Waals surface area contributed by atoms with Crippen LogP contribution in [0.5, 0.6) is 0 Å². The SMILES string of the molecule is O=C(OC[C@H]1OCCC1OC(=O)c1ccccc1)c1ccccc1. The maximum atomic E-state index is 12.1. The van der Waals surface area contributed by atoms with Crippen molar-refractivity contribution >= 4 is 11.9 Å². The normalized spacial score (nSPS) is 19.7. The van der Waals surface area contributed by atoms with Crippen LogP contribution < -0.4 is 0 Å². The van der Waals surface area contributed by atoms with Crippen LogP contribution in [0.25, 0.3) is 0 Å². The summed E-state index contributed by atoms with van der Waals surface area (Å²) in [6.45, 7) is 0.529. The first-order valence-corrected chi connectivity index (χ1v) is 7.84. The molecule has 0 aromatic heterocycles. The number of carbonyl (C=O) groups is 2. The van der Waals surface area contributed by atoms with Gasteiger partial charge in [0.25, 0.3) is 0 Å². The molecule has 1 heterocycles. The molecule has 0 aliphatic carbocycles. The van der Waals surface area contributed by atoms with E-state index in [0.717, 1.165) is 0 Å². The lowest BCUT2D eigenvalue weighted by atomic mass is 10.2. The predicted molar refractivity (Wildman–Crippen MR) is 86.7 cm³/mol. The van der Waals surface area contributed by atoms with Gasteiger partial charge in [-0.2, -0.15) is 0 Å². The maximum absolute atomic E-state index is 12.1. The number of hydrogen-bond acceptors (Lipinski definition) is 5. The molecule has 2 atom stereocenters. The third-order valence-electron chi connectivity index (χ3n) is 3.81. The predicted octanol–water partition coefficient (Wildman–Crippen LogP) is 2.86. The Hall–Kier alpha value is -2.66. The molecule has 0 bridgehead atoms. The van der Waals surface area contributed by atoms with Gasteiger partial charge in [-0.15, -0.1) is 0 Å². The summed E-state index contributed by atoms with van der Waals surface area (Å²) >= 11 is 0. The number of carbonyl (C=O) groups excluding carboxylic acids is 2. The third kappa shape index (κ3) is 4.00. The number of rotatable bonds is 5. The molecule has 24 heavy (non-hydrogen) atoms. The van der Waals surface area contributed by atoms with Gasteiger partial charge in [-0.25, -0.2) is 9.59 Å². The highest BCUT2D eigenvalue weighted by atomic mass is 16.6. The molecule has 124 valence electrons. The van der Waals surface area contributed by atoms with E-state index in [1.54, 1.807) is 48.5 Å². The second-order valence-corrected chi connectivity index (χ2v) is 5.47. The van der Waals surface area contributed by atoms with Gasteiger partial charge in [0.1, 0.15) is 18.8 Å². The molecular formula is C19H18O5. The van der Waals surface area contributed by atoms with Crippen LogP contribution in [0.1, 0.15) is 27.1 Å². The molecule has 1 unspecified atom stereocenters. The van der Waals surface area contributed by atoms with Gasteiger partial charge in [0.05, 0.1) is 17.7 Å². The van der Waals surface area contributed by atoms with Crippen LogP contribution in [0.4, 0.5) is 0 Å². The highest BCUT2D eigenvalue weighted by Gasteiger charge is 2.33. The Morgan fingerprint density at radius 1 is 0.917 bits per heavy atom. The van der Waals surface area contributed by atoms with E-state index in [4.69, 9.17) is 14.2 Å². The van der Waals surface area contributed by atoms with Crippen LogP contribution in [0.2, 0.25) is 0 Å². The minimum atomic E-state index is -0.440. The standard InChI is InChI=1S/C19H18O5/c20-18(14-7-3-1-4-8-14)23-13-17-16(11-12-22-17)24-19(21)15-9-5-2-6-10-15/h1-10,16-17H,11-13H2/t16?,17-/m1/s1. The summed E-state index contributed by atoms with van der Waals surface area (Å²) in [6, 6.07) is 17.5. The maximum Gasteiger partial charge on any atom is 0.338 e. The summed E-state index contributed by atoms with van der Waals surface area (Å²) < 4.78 is 16.3. The first kappa shape index (κ1) is 16.2. The Kier molecular flexibility index (Phi) is 5.23. The van der Waals surface area contributed by atoms with E-state index < -0.39 is 24.1 Å². The van der Waals surface area contributed by atoms with Gasteiger partial charge in [0, 0.05) is 6.42 Å². The van der Waals surface area contributed by atoms with Crippen molar-refractivity contribution in [3.05, 3.63) is 71.8 Å². The van der Waals surface area contributed by atoms with E-state index in [1.807, 2.05) is 12.1 Å².